The zero-order chi connectivity index (χ0) is 16.5. The van der Waals surface area contributed by atoms with E-state index in [0.29, 0.717) is 6.54 Å². The van der Waals surface area contributed by atoms with Crippen molar-refractivity contribution in [1.82, 2.24) is 5.06 Å². The number of hydrogen-bond acceptors (Lipinski definition) is 3. The van der Waals surface area contributed by atoms with E-state index in [4.69, 9.17) is 4.43 Å². The number of unbranched alkanes of at least 4 members (excludes halogenated alkanes) is 5. The largest absolute Gasteiger partial charge is 0.413 e. The van der Waals surface area contributed by atoms with Gasteiger partial charge in [0.25, 0.3) is 0 Å². The molecule has 0 rings (SSSR count). The molecule has 0 aliphatic rings. The molecule has 0 bridgehead atoms. The van der Waals surface area contributed by atoms with Gasteiger partial charge in [-0.25, -0.2) is 0 Å². The summed E-state index contributed by atoms with van der Waals surface area (Å²) in [5.41, 5.74) is 0. The number of hydrogen-bond donors (Lipinski definition) is 1. The normalized spacial score (nSPS) is 14.7. The van der Waals surface area contributed by atoms with E-state index in [2.05, 4.69) is 40.8 Å². The Labute approximate surface area is 134 Å². The fourth-order valence-electron chi connectivity index (χ4n) is 2.23. The summed E-state index contributed by atoms with van der Waals surface area (Å²) in [7, 11) is -0.0422. The van der Waals surface area contributed by atoms with Gasteiger partial charge in [0, 0.05) is 13.6 Å². The van der Waals surface area contributed by atoms with Crippen LogP contribution in [-0.2, 0) is 4.43 Å². The summed E-state index contributed by atoms with van der Waals surface area (Å²) in [6.45, 7) is 14.2. The lowest BCUT2D eigenvalue weighted by atomic mass is 10.1. The van der Waals surface area contributed by atoms with Gasteiger partial charge in [0.1, 0.15) is 0 Å². The van der Waals surface area contributed by atoms with Crippen LogP contribution in [0.5, 0.6) is 0 Å². The molecule has 0 aromatic carbocycles. The Balaban J connectivity index is 4.27. The quantitative estimate of drug-likeness (QED) is 0.312. The van der Waals surface area contributed by atoms with Gasteiger partial charge in [-0.3, -0.25) is 0 Å². The molecular formula is C17H39NO2Si. The molecule has 0 spiro atoms. The van der Waals surface area contributed by atoms with Crippen molar-refractivity contribution in [3.8, 4) is 0 Å². The third-order valence-electron chi connectivity index (χ3n) is 4.61. The van der Waals surface area contributed by atoms with Gasteiger partial charge in [-0.05, 0) is 24.6 Å². The summed E-state index contributed by atoms with van der Waals surface area (Å²) in [6, 6.07) is 0. The summed E-state index contributed by atoms with van der Waals surface area (Å²) in [5.74, 6) is 0. The topological polar surface area (TPSA) is 32.7 Å². The van der Waals surface area contributed by atoms with E-state index < -0.39 is 8.32 Å². The molecule has 4 heteroatoms. The highest BCUT2D eigenvalue weighted by Crippen LogP contribution is 2.37. The van der Waals surface area contributed by atoms with Crippen molar-refractivity contribution in [3.63, 3.8) is 0 Å². The molecular weight excluding hydrogens is 278 g/mol. The van der Waals surface area contributed by atoms with E-state index in [1.807, 2.05) is 0 Å². The highest BCUT2D eigenvalue weighted by Gasteiger charge is 2.39. The molecule has 128 valence electrons. The molecule has 0 aromatic rings. The Morgan fingerprint density at radius 2 is 1.57 bits per heavy atom. The maximum Gasteiger partial charge on any atom is 0.192 e. The van der Waals surface area contributed by atoms with Crippen LogP contribution in [0.15, 0.2) is 0 Å². The minimum absolute atomic E-state index is 0.159. The van der Waals surface area contributed by atoms with Crippen LogP contribution in [-0.4, -0.2) is 38.3 Å². The summed E-state index contributed by atoms with van der Waals surface area (Å²) < 4.78 is 6.48. The van der Waals surface area contributed by atoms with Crippen molar-refractivity contribution < 1.29 is 9.63 Å². The molecule has 0 amide bonds. The van der Waals surface area contributed by atoms with E-state index in [-0.39, 0.29) is 11.1 Å². The summed E-state index contributed by atoms with van der Waals surface area (Å²) in [4.78, 5) is 0. The SMILES string of the molecule is CCCCCCCCC(CN(C)O)O[Si](C)(C)C(C)(C)C. The van der Waals surface area contributed by atoms with Crippen molar-refractivity contribution in [2.24, 2.45) is 0 Å². The average Bonchev–Trinajstić information content (AvgIpc) is 2.30. The number of rotatable bonds is 11. The summed E-state index contributed by atoms with van der Waals surface area (Å²) >= 11 is 0. The highest BCUT2D eigenvalue weighted by molar-refractivity contribution is 6.74. The Morgan fingerprint density at radius 1 is 1.05 bits per heavy atom. The van der Waals surface area contributed by atoms with Crippen LogP contribution in [0.4, 0.5) is 0 Å². The molecule has 21 heavy (non-hydrogen) atoms. The third kappa shape index (κ3) is 9.66. The lowest BCUT2D eigenvalue weighted by Gasteiger charge is -2.39. The molecule has 0 aliphatic carbocycles. The summed E-state index contributed by atoms with van der Waals surface area (Å²) in [6.07, 6.45) is 9.04. The minimum Gasteiger partial charge on any atom is -0.413 e. The van der Waals surface area contributed by atoms with Crippen LogP contribution < -0.4 is 0 Å². The van der Waals surface area contributed by atoms with Gasteiger partial charge in [0.15, 0.2) is 8.32 Å². The lowest BCUT2D eigenvalue weighted by molar-refractivity contribution is -0.0887. The van der Waals surface area contributed by atoms with Crippen LogP contribution in [0.3, 0.4) is 0 Å². The van der Waals surface area contributed by atoms with Crippen LogP contribution in [0, 0.1) is 0 Å². The Morgan fingerprint density at radius 3 is 2.05 bits per heavy atom. The number of nitrogens with zero attached hydrogens (tertiary/aromatic N) is 1. The molecule has 1 unspecified atom stereocenters. The van der Waals surface area contributed by atoms with Crippen molar-refractivity contribution >= 4 is 8.32 Å². The monoisotopic (exact) mass is 317 g/mol. The van der Waals surface area contributed by atoms with Crippen molar-refractivity contribution in [2.75, 3.05) is 13.6 Å². The maximum absolute atomic E-state index is 9.56. The van der Waals surface area contributed by atoms with Crippen LogP contribution in [0.2, 0.25) is 18.1 Å². The standard InChI is InChI=1S/C17H39NO2Si/c1-8-9-10-11-12-13-14-16(15-18(5)19)20-21(6,7)17(2,3)4/h16,19H,8-15H2,1-7H3. The lowest BCUT2D eigenvalue weighted by Crippen LogP contribution is -2.46. The van der Waals surface area contributed by atoms with E-state index in [1.54, 1.807) is 7.05 Å². The first-order chi connectivity index (χ1) is 9.60. The molecule has 3 nitrogen and oxygen atoms in total. The zero-order valence-electron chi connectivity index (χ0n) is 15.5. The second-order valence-corrected chi connectivity index (χ2v) is 12.7. The first kappa shape index (κ1) is 21.1. The molecule has 0 saturated carbocycles. The molecule has 1 N–H and O–H groups in total. The molecule has 0 fully saturated rings. The predicted octanol–water partition coefficient (Wildman–Crippen LogP) is 5.45. The zero-order valence-corrected chi connectivity index (χ0v) is 16.5. The average molecular weight is 318 g/mol. The third-order valence-corrected chi connectivity index (χ3v) is 9.15. The maximum atomic E-state index is 9.56. The van der Waals surface area contributed by atoms with E-state index in [1.165, 1.54) is 43.6 Å². The van der Waals surface area contributed by atoms with Crippen molar-refractivity contribution in [2.45, 2.75) is 96.9 Å². The first-order valence-electron chi connectivity index (χ1n) is 8.68. The predicted molar refractivity (Wildman–Crippen MR) is 94.5 cm³/mol. The fraction of sp³-hybridized carbons (Fsp3) is 1.00. The molecule has 0 radical (unpaired) electrons. The Hall–Kier alpha value is 0.0969. The van der Waals surface area contributed by atoms with Gasteiger partial charge in [-0.2, -0.15) is 5.06 Å². The van der Waals surface area contributed by atoms with E-state index in [0.717, 1.165) is 6.42 Å². The molecule has 0 aromatic heterocycles. The van der Waals surface area contributed by atoms with Crippen LogP contribution >= 0.6 is 0 Å². The van der Waals surface area contributed by atoms with E-state index >= 15 is 0 Å². The molecule has 0 saturated heterocycles. The second-order valence-electron chi connectivity index (χ2n) is 7.90. The van der Waals surface area contributed by atoms with Gasteiger partial charge in [0.05, 0.1) is 6.10 Å². The van der Waals surface area contributed by atoms with Gasteiger partial charge < -0.3 is 9.63 Å². The Bertz CT molecular complexity index is 262. The molecule has 1 atom stereocenters. The minimum atomic E-state index is -1.75. The highest BCUT2D eigenvalue weighted by atomic mass is 28.4. The smallest absolute Gasteiger partial charge is 0.192 e. The second kappa shape index (κ2) is 9.98. The number of likely N-dealkylation sites (N-methyl/N-ethyl adjacent to an activating group) is 1. The van der Waals surface area contributed by atoms with Gasteiger partial charge >= 0.3 is 0 Å². The van der Waals surface area contributed by atoms with Gasteiger partial charge in [-0.15, -0.1) is 0 Å². The van der Waals surface area contributed by atoms with Crippen LogP contribution in [0.25, 0.3) is 0 Å². The van der Waals surface area contributed by atoms with Gasteiger partial charge in [-0.1, -0.05) is 66.2 Å². The first-order valence-corrected chi connectivity index (χ1v) is 11.6. The van der Waals surface area contributed by atoms with Crippen molar-refractivity contribution in [1.29, 1.82) is 0 Å². The van der Waals surface area contributed by atoms with Gasteiger partial charge in [0.2, 0.25) is 0 Å². The van der Waals surface area contributed by atoms with Crippen molar-refractivity contribution in [3.05, 3.63) is 0 Å². The van der Waals surface area contributed by atoms with E-state index in [9.17, 15) is 5.21 Å². The number of hydroxylamine groups is 2. The summed E-state index contributed by atoms with van der Waals surface area (Å²) in [5, 5.41) is 11.1. The molecule has 0 heterocycles. The Kier molecular flexibility index (Phi) is 10.0. The fourth-order valence-corrected chi connectivity index (χ4v) is 3.61. The molecule has 0 aliphatic heterocycles. The van der Waals surface area contributed by atoms with Crippen LogP contribution in [0.1, 0.15) is 72.6 Å².